The summed E-state index contributed by atoms with van der Waals surface area (Å²) in [5, 5.41) is 8.43. The highest BCUT2D eigenvalue weighted by molar-refractivity contribution is 8.00. The molecule has 3 amide bonds. The topological polar surface area (TPSA) is 87.3 Å². The van der Waals surface area contributed by atoms with Crippen molar-refractivity contribution in [3.8, 4) is 0 Å². The molecule has 7 heteroatoms. The van der Waals surface area contributed by atoms with Gasteiger partial charge in [0.2, 0.25) is 5.91 Å². The van der Waals surface area contributed by atoms with Crippen LogP contribution in [0, 0.1) is 0 Å². The van der Waals surface area contributed by atoms with E-state index in [1.807, 2.05) is 72.8 Å². The van der Waals surface area contributed by atoms with Crippen LogP contribution in [0.2, 0.25) is 0 Å². The Kier molecular flexibility index (Phi) is 8.88. The number of benzene rings is 4. The van der Waals surface area contributed by atoms with E-state index in [2.05, 4.69) is 16.0 Å². The van der Waals surface area contributed by atoms with E-state index < -0.39 is 5.91 Å². The SMILES string of the molecule is O=C(CSc1cccc(NC(=O)/C(=C/c2ccccc2)NC(=O)c2ccccc2)c1)Nc1ccccc1. The van der Waals surface area contributed by atoms with Crippen LogP contribution in [0.25, 0.3) is 6.08 Å². The Morgan fingerprint density at radius 1 is 0.676 bits per heavy atom. The van der Waals surface area contributed by atoms with Gasteiger partial charge < -0.3 is 16.0 Å². The number of para-hydroxylation sites is 1. The number of thioether (sulfide) groups is 1. The van der Waals surface area contributed by atoms with Gasteiger partial charge in [-0.25, -0.2) is 0 Å². The molecule has 0 aliphatic carbocycles. The molecule has 0 aliphatic rings. The van der Waals surface area contributed by atoms with Gasteiger partial charge in [-0.15, -0.1) is 11.8 Å². The number of hydrogen-bond donors (Lipinski definition) is 3. The number of amides is 3. The number of rotatable bonds is 9. The van der Waals surface area contributed by atoms with Crippen LogP contribution in [0.4, 0.5) is 11.4 Å². The van der Waals surface area contributed by atoms with Gasteiger partial charge in [0.1, 0.15) is 5.70 Å². The fourth-order valence-corrected chi connectivity index (χ4v) is 4.14. The maximum atomic E-state index is 13.2. The zero-order valence-electron chi connectivity index (χ0n) is 19.9. The van der Waals surface area contributed by atoms with E-state index in [9.17, 15) is 14.4 Å². The number of hydrogen-bond acceptors (Lipinski definition) is 4. The number of carbonyl (C=O) groups excluding carboxylic acids is 3. The number of carbonyl (C=O) groups is 3. The summed E-state index contributed by atoms with van der Waals surface area (Å²) in [7, 11) is 0. The number of anilines is 2. The molecule has 0 spiro atoms. The minimum absolute atomic E-state index is 0.111. The summed E-state index contributed by atoms with van der Waals surface area (Å²) in [6.07, 6.45) is 1.63. The molecule has 37 heavy (non-hydrogen) atoms. The van der Waals surface area contributed by atoms with Crippen molar-refractivity contribution >= 4 is 46.9 Å². The van der Waals surface area contributed by atoms with E-state index in [1.54, 1.807) is 48.5 Å². The van der Waals surface area contributed by atoms with Crippen molar-refractivity contribution in [1.82, 2.24) is 5.32 Å². The predicted molar refractivity (Wildman–Crippen MR) is 149 cm³/mol. The van der Waals surface area contributed by atoms with Crippen molar-refractivity contribution in [3.05, 3.63) is 132 Å². The molecule has 0 saturated carbocycles. The van der Waals surface area contributed by atoms with Gasteiger partial charge in [-0.3, -0.25) is 14.4 Å². The fourth-order valence-electron chi connectivity index (χ4n) is 3.39. The van der Waals surface area contributed by atoms with Crippen LogP contribution in [0.5, 0.6) is 0 Å². The molecule has 4 aromatic rings. The van der Waals surface area contributed by atoms with Gasteiger partial charge in [-0.05, 0) is 54.1 Å². The Bertz CT molecular complexity index is 1390. The molecule has 0 fully saturated rings. The first kappa shape index (κ1) is 25.5. The average Bonchev–Trinajstić information content (AvgIpc) is 2.93. The molecule has 0 atom stereocenters. The summed E-state index contributed by atoms with van der Waals surface area (Å²) in [5.41, 5.74) is 2.62. The third-order valence-electron chi connectivity index (χ3n) is 5.16. The van der Waals surface area contributed by atoms with E-state index in [0.717, 1.165) is 16.1 Å². The molecule has 0 aromatic heterocycles. The van der Waals surface area contributed by atoms with Crippen molar-refractivity contribution in [2.75, 3.05) is 16.4 Å². The largest absolute Gasteiger partial charge is 0.325 e. The van der Waals surface area contributed by atoms with Gasteiger partial charge in [0.05, 0.1) is 5.75 Å². The second-order valence-corrected chi connectivity index (χ2v) is 9.02. The van der Waals surface area contributed by atoms with Gasteiger partial charge in [0.15, 0.2) is 0 Å². The second-order valence-electron chi connectivity index (χ2n) is 7.97. The number of nitrogens with one attached hydrogen (secondary N) is 3. The van der Waals surface area contributed by atoms with Crippen LogP contribution in [0.3, 0.4) is 0 Å². The lowest BCUT2D eigenvalue weighted by Gasteiger charge is -2.12. The minimum Gasteiger partial charge on any atom is -0.325 e. The molecule has 0 radical (unpaired) electrons. The van der Waals surface area contributed by atoms with Gasteiger partial charge in [0, 0.05) is 21.8 Å². The van der Waals surface area contributed by atoms with E-state index in [4.69, 9.17) is 0 Å². The Labute approximate surface area is 219 Å². The van der Waals surface area contributed by atoms with E-state index >= 15 is 0 Å². The van der Waals surface area contributed by atoms with Crippen LogP contribution in [-0.2, 0) is 9.59 Å². The maximum absolute atomic E-state index is 13.2. The monoisotopic (exact) mass is 507 g/mol. The Morgan fingerprint density at radius 3 is 2.00 bits per heavy atom. The molecule has 4 rings (SSSR count). The first-order valence-electron chi connectivity index (χ1n) is 11.6. The third-order valence-corrected chi connectivity index (χ3v) is 6.15. The van der Waals surface area contributed by atoms with Crippen molar-refractivity contribution in [2.24, 2.45) is 0 Å². The second kappa shape index (κ2) is 12.9. The first-order chi connectivity index (χ1) is 18.1. The molecular formula is C30H25N3O3S. The van der Waals surface area contributed by atoms with Gasteiger partial charge in [0.25, 0.3) is 11.8 Å². The molecule has 0 unspecified atom stereocenters. The zero-order chi connectivity index (χ0) is 25.9. The van der Waals surface area contributed by atoms with Gasteiger partial charge >= 0.3 is 0 Å². The van der Waals surface area contributed by atoms with E-state index in [1.165, 1.54) is 11.8 Å². The zero-order valence-corrected chi connectivity index (χ0v) is 20.7. The van der Waals surface area contributed by atoms with Crippen molar-refractivity contribution < 1.29 is 14.4 Å². The van der Waals surface area contributed by atoms with Crippen LogP contribution in [0.15, 0.2) is 126 Å². The van der Waals surface area contributed by atoms with Crippen LogP contribution in [0.1, 0.15) is 15.9 Å². The average molecular weight is 508 g/mol. The Hall–Kier alpha value is -4.62. The quantitative estimate of drug-likeness (QED) is 0.197. The van der Waals surface area contributed by atoms with Crippen molar-refractivity contribution in [2.45, 2.75) is 4.90 Å². The molecule has 3 N–H and O–H groups in total. The minimum atomic E-state index is -0.461. The Balaban J connectivity index is 1.44. The third kappa shape index (κ3) is 7.95. The summed E-state index contributed by atoms with van der Waals surface area (Å²) in [6, 6.07) is 34.5. The van der Waals surface area contributed by atoms with Gasteiger partial charge in [-0.1, -0.05) is 72.8 Å². The lowest BCUT2D eigenvalue weighted by molar-refractivity contribution is -0.114. The summed E-state index contributed by atoms with van der Waals surface area (Å²) in [5.74, 6) is -0.746. The summed E-state index contributed by atoms with van der Waals surface area (Å²) >= 11 is 1.36. The highest BCUT2D eigenvalue weighted by atomic mass is 32.2. The summed E-state index contributed by atoms with van der Waals surface area (Å²) in [6.45, 7) is 0. The molecule has 0 bridgehead atoms. The summed E-state index contributed by atoms with van der Waals surface area (Å²) < 4.78 is 0. The molecule has 4 aromatic carbocycles. The smallest absolute Gasteiger partial charge is 0.272 e. The molecular weight excluding hydrogens is 482 g/mol. The fraction of sp³-hybridized carbons (Fsp3) is 0.0333. The lowest BCUT2D eigenvalue weighted by Crippen LogP contribution is -2.30. The molecule has 0 heterocycles. The molecule has 6 nitrogen and oxygen atoms in total. The highest BCUT2D eigenvalue weighted by Gasteiger charge is 2.15. The normalized spacial score (nSPS) is 10.9. The van der Waals surface area contributed by atoms with Crippen LogP contribution >= 0.6 is 11.8 Å². The molecule has 0 saturated heterocycles. The standard InChI is InChI=1S/C30H25N3O3S/c34-28(31-24-15-8-3-9-16-24)21-37-26-18-10-17-25(20-26)32-30(36)27(19-22-11-4-1-5-12-22)33-29(35)23-13-6-2-7-14-23/h1-20H,21H2,(H,31,34)(H,32,36)(H,33,35)/b27-19-. The molecule has 0 aliphatic heterocycles. The Morgan fingerprint density at radius 2 is 1.30 bits per heavy atom. The lowest BCUT2D eigenvalue weighted by atomic mass is 10.1. The predicted octanol–water partition coefficient (Wildman–Crippen LogP) is 5.83. The van der Waals surface area contributed by atoms with E-state index in [0.29, 0.717) is 11.3 Å². The first-order valence-corrected chi connectivity index (χ1v) is 12.6. The maximum Gasteiger partial charge on any atom is 0.272 e. The van der Waals surface area contributed by atoms with Crippen LogP contribution < -0.4 is 16.0 Å². The van der Waals surface area contributed by atoms with Crippen LogP contribution in [-0.4, -0.2) is 23.5 Å². The molecule has 184 valence electrons. The van der Waals surface area contributed by atoms with Gasteiger partial charge in [-0.2, -0.15) is 0 Å². The van der Waals surface area contributed by atoms with E-state index in [-0.39, 0.29) is 23.3 Å². The highest BCUT2D eigenvalue weighted by Crippen LogP contribution is 2.22. The summed E-state index contributed by atoms with van der Waals surface area (Å²) in [4.78, 5) is 39.1. The van der Waals surface area contributed by atoms with Crippen molar-refractivity contribution in [1.29, 1.82) is 0 Å². The van der Waals surface area contributed by atoms with Crippen molar-refractivity contribution in [3.63, 3.8) is 0 Å².